The van der Waals surface area contributed by atoms with E-state index >= 15 is 0 Å². The molecule has 1 aromatic rings. The standard InChI is InChI=1S/C10H12BNO3/c1-12-10-7-3-2-4-8-9(7)11(15-10)14-6-5-13-8/h2-4,10,12H,5-6H2,1H3. The van der Waals surface area contributed by atoms with Crippen LogP contribution in [-0.4, -0.2) is 27.4 Å². The van der Waals surface area contributed by atoms with Crippen LogP contribution in [0.4, 0.5) is 0 Å². The van der Waals surface area contributed by atoms with Crippen molar-refractivity contribution in [2.45, 2.75) is 6.23 Å². The smallest absolute Gasteiger partial charge is 0.492 e. The first-order valence-corrected chi connectivity index (χ1v) is 5.10. The SMILES string of the molecule is CNC1OB2OCCOc3cccc1c32. The van der Waals surface area contributed by atoms with Crippen LogP contribution in [0.5, 0.6) is 5.75 Å². The number of hydrogen-bond donors (Lipinski definition) is 1. The number of rotatable bonds is 1. The van der Waals surface area contributed by atoms with Crippen molar-refractivity contribution >= 4 is 12.6 Å². The average molecular weight is 205 g/mol. The Morgan fingerprint density at radius 3 is 3.20 bits per heavy atom. The maximum absolute atomic E-state index is 5.73. The van der Waals surface area contributed by atoms with E-state index in [-0.39, 0.29) is 13.3 Å². The summed E-state index contributed by atoms with van der Waals surface area (Å²) in [5.41, 5.74) is 2.15. The van der Waals surface area contributed by atoms with E-state index in [1.54, 1.807) is 0 Å². The minimum atomic E-state index is -0.281. The molecule has 1 unspecified atom stereocenters. The molecule has 1 atom stereocenters. The van der Waals surface area contributed by atoms with Gasteiger partial charge in [-0.3, -0.25) is 5.32 Å². The number of ether oxygens (including phenoxy) is 1. The van der Waals surface area contributed by atoms with Crippen molar-refractivity contribution in [1.29, 1.82) is 0 Å². The molecule has 0 radical (unpaired) electrons. The summed E-state index contributed by atoms with van der Waals surface area (Å²) in [6.45, 7) is 1.15. The van der Waals surface area contributed by atoms with E-state index in [9.17, 15) is 0 Å². The quantitative estimate of drug-likeness (QED) is 0.657. The fraction of sp³-hybridized carbons (Fsp3) is 0.400. The normalized spacial score (nSPS) is 23.3. The van der Waals surface area contributed by atoms with Crippen LogP contribution in [-0.2, 0) is 9.31 Å². The zero-order chi connectivity index (χ0) is 10.3. The Labute approximate surface area is 88.7 Å². The van der Waals surface area contributed by atoms with E-state index in [2.05, 4.69) is 5.32 Å². The van der Waals surface area contributed by atoms with Gasteiger partial charge in [0.05, 0.1) is 6.61 Å². The third kappa shape index (κ3) is 1.35. The molecule has 0 spiro atoms. The fourth-order valence-electron chi connectivity index (χ4n) is 2.09. The average Bonchev–Trinajstić information content (AvgIpc) is 2.50. The summed E-state index contributed by atoms with van der Waals surface area (Å²) in [5, 5.41) is 3.10. The molecule has 2 aliphatic rings. The lowest BCUT2D eigenvalue weighted by Gasteiger charge is -2.12. The van der Waals surface area contributed by atoms with Crippen LogP contribution < -0.4 is 15.5 Å². The maximum atomic E-state index is 5.73. The molecule has 4 nitrogen and oxygen atoms in total. The van der Waals surface area contributed by atoms with Crippen molar-refractivity contribution in [2.24, 2.45) is 0 Å². The summed E-state index contributed by atoms with van der Waals surface area (Å²) in [7, 11) is 1.59. The van der Waals surface area contributed by atoms with Crippen LogP contribution in [0.2, 0.25) is 0 Å². The number of hydrogen-bond acceptors (Lipinski definition) is 4. The lowest BCUT2D eigenvalue weighted by atomic mass is 9.78. The molecule has 1 aromatic carbocycles. The van der Waals surface area contributed by atoms with E-state index in [4.69, 9.17) is 14.0 Å². The highest BCUT2D eigenvalue weighted by atomic mass is 16.6. The zero-order valence-corrected chi connectivity index (χ0v) is 8.53. The molecule has 78 valence electrons. The minimum Gasteiger partial charge on any atom is -0.492 e. The molecule has 15 heavy (non-hydrogen) atoms. The van der Waals surface area contributed by atoms with Gasteiger partial charge in [0.25, 0.3) is 0 Å². The third-order valence-electron chi connectivity index (χ3n) is 2.75. The van der Waals surface area contributed by atoms with Crippen molar-refractivity contribution in [3.63, 3.8) is 0 Å². The lowest BCUT2D eigenvalue weighted by molar-refractivity contribution is 0.128. The van der Waals surface area contributed by atoms with Crippen LogP contribution in [0.1, 0.15) is 11.8 Å². The molecule has 0 amide bonds. The summed E-state index contributed by atoms with van der Waals surface area (Å²) in [4.78, 5) is 0. The maximum Gasteiger partial charge on any atom is 0.499 e. The van der Waals surface area contributed by atoms with E-state index in [0.29, 0.717) is 13.2 Å². The van der Waals surface area contributed by atoms with E-state index in [1.807, 2.05) is 25.2 Å². The Morgan fingerprint density at radius 1 is 1.40 bits per heavy atom. The van der Waals surface area contributed by atoms with Gasteiger partial charge in [0.15, 0.2) is 0 Å². The van der Waals surface area contributed by atoms with Gasteiger partial charge in [0.1, 0.15) is 18.6 Å². The Morgan fingerprint density at radius 2 is 2.33 bits per heavy atom. The molecule has 0 fully saturated rings. The van der Waals surface area contributed by atoms with Gasteiger partial charge in [-0.05, 0) is 18.7 Å². The van der Waals surface area contributed by atoms with Gasteiger partial charge in [0.2, 0.25) is 0 Å². The summed E-state index contributed by atoms with van der Waals surface area (Å²) >= 11 is 0. The van der Waals surface area contributed by atoms with E-state index < -0.39 is 0 Å². The topological polar surface area (TPSA) is 39.7 Å². The number of benzene rings is 1. The Balaban J connectivity index is 2.12. The Bertz CT molecular complexity index is 385. The summed E-state index contributed by atoms with van der Waals surface area (Å²) in [5.74, 6) is 0.882. The summed E-state index contributed by atoms with van der Waals surface area (Å²) in [6.07, 6.45) is -0.0911. The monoisotopic (exact) mass is 205 g/mol. The molecular formula is C10H12BNO3. The van der Waals surface area contributed by atoms with Crippen LogP contribution in [0.25, 0.3) is 0 Å². The zero-order valence-electron chi connectivity index (χ0n) is 8.53. The Kier molecular flexibility index (Phi) is 2.16. The molecule has 0 aromatic heterocycles. The van der Waals surface area contributed by atoms with Crippen LogP contribution in [0.3, 0.4) is 0 Å². The molecule has 0 aliphatic carbocycles. The molecular weight excluding hydrogens is 193 g/mol. The fourth-order valence-corrected chi connectivity index (χ4v) is 2.09. The number of nitrogens with one attached hydrogen (secondary N) is 1. The second-order valence-electron chi connectivity index (χ2n) is 3.62. The van der Waals surface area contributed by atoms with Gasteiger partial charge in [-0.15, -0.1) is 0 Å². The molecule has 2 heterocycles. The minimum absolute atomic E-state index is 0.0911. The molecule has 2 aliphatic heterocycles. The van der Waals surface area contributed by atoms with Crippen molar-refractivity contribution < 1.29 is 14.0 Å². The third-order valence-corrected chi connectivity index (χ3v) is 2.75. The highest BCUT2D eigenvalue weighted by molar-refractivity contribution is 6.64. The summed E-state index contributed by atoms with van der Waals surface area (Å²) in [6, 6.07) is 5.98. The van der Waals surface area contributed by atoms with Crippen LogP contribution >= 0.6 is 0 Å². The largest absolute Gasteiger partial charge is 0.499 e. The predicted molar refractivity (Wildman–Crippen MR) is 56.2 cm³/mol. The molecule has 0 bridgehead atoms. The van der Waals surface area contributed by atoms with E-state index in [1.165, 1.54) is 0 Å². The Hall–Kier alpha value is -1.04. The van der Waals surface area contributed by atoms with Gasteiger partial charge in [-0.1, -0.05) is 12.1 Å². The van der Waals surface area contributed by atoms with Crippen LogP contribution in [0, 0.1) is 0 Å². The van der Waals surface area contributed by atoms with Crippen molar-refractivity contribution in [1.82, 2.24) is 5.32 Å². The van der Waals surface area contributed by atoms with Crippen molar-refractivity contribution in [3.05, 3.63) is 23.8 Å². The first kappa shape index (κ1) is 9.21. The molecule has 0 saturated heterocycles. The molecule has 0 saturated carbocycles. The van der Waals surface area contributed by atoms with Gasteiger partial charge in [0, 0.05) is 5.46 Å². The van der Waals surface area contributed by atoms with E-state index in [0.717, 1.165) is 16.8 Å². The molecule has 5 heteroatoms. The van der Waals surface area contributed by atoms with Gasteiger partial charge >= 0.3 is 7.12 Å². The van der Waals surface area contributed by atoms with Gasteiger partial charge < -0.3 is 14.0 Å². The van der Waals surface area contributed by atoms with Crippen LogP contribution in [0.15, 0.2) is 18.2 Å². The highest BCUT2D eigenvalue weighted by Crippen LogP contribution is 2.27. The van der Waals surface area contributed by atoms with Crippen molar-refractivity contribution in [2.75, 3.05) is 20.3 Å². The second-order valence-corrected chi connectivity index (χ2v) is 3.62. The summed E-state index contributed by atoms with van der Waals surface area (Å²) < 4.78 is 16.9. The first-order chi connectivity index (χ1) is 7.40. The molecule has 1 N–H and O–H groups in total. The first-order valence-electron chi connectivity index (χ1n) is 5.10. The predicted octanol–water partition coefficient (Wildman–Crippen LogP) is 0.0390. The van der Waals surface area contributed by atoms with Crippen molar-refractivity contribution in [3.8, 4) is 5.75 Å². The second kappa shape index (κ2) is 3.52. The highest BCUT2D eigenvalue weighted by Gasteiger charge is 2.40. The van der Waals surface area contributed by atoms with Gasteiger partial charge in [-0.2, -0.15) is 0 Å². The van der Waals surface area contributed by atoms with Gasteiger partial charge in [-0.25, -0.2) is 0 Å². The molecule has 3 rings (SSSR count). The lowest BCUT2D eigenvalue weighted by Crippen LogP contribution is -2.31.